The van der Waals surface area contributed by atoms with Crippen LogP contribution in [0.2, 0.25) is 0 Å². The molecule has 0 fully saturated rings. The lowest BCUT2D eigenvalue weighted by Gasteiger charge is -1.99. The van der Waals surface area contributed by atoms with Gasteiger partial charge in [-0.25, -0.2) is 10.4 Å². The van der Waals surface area contributed by atoms with Gasteiger partial charge in [-0.3, -0.25) is 9.78 Å². The van der Waals surface area contributed by atoms with Gasteiger partial charge in [0.15, 0.2) is 0 Å². The normalized spacial score (nSPS) is 11.1. The number of H-pyrrole nitrogens is 1. The fraction of sp³-hybridized carbons (Fsp3) is 0.0476. The number of rotatable bonds is 5. The van der Waals surface area contributed by atoms with Crippen LogP contribution in [0.1, 0.15) is 27.3 Å². The summed E-state index contributed by atoms with van der Waals surface area (Å²) in [6.45, 7) is 0. The van der Waals surface area contributed by atoms with Crippen LogP contribution >= 0.6 is 0 Å². The monoisotopic (exact) mass is 355 g/mol. The number of aromatic amines is 1. The van der Waals surface area contributed by atoms with Crippen molar-refractivity contribution >= 4 is 23.2 Å². The second kappa shape index (κ2) is 7.61. The molecule has 0 atom stereocenters. The fourth-order valence-corrected chi connectivity index (χ4v) is 2.76. The van der Waals surface area contributed by atoms with E-state index in [2.05, 4.69) is 37.6 Å². The molecule has 0 spiro atoms. The van der Waals surface area contributed by atoms with Gasteiger partial charge in [-0.2, -0.15) is 5.10 Å². The first-order chi connectivity index (χ1) is 13.3. The molecule has 2 N–H and O–H groups in total. The maximum Gasteiger partial charge on any atom is 0.271 e. The summed E-state index contributed by atoms with van der Waals surface area (Å²) in [7, 11) is 0. The van der Waals surface area contributed by atoms with E-state index in [0.717, 1.165) is 22.4 Å². The number of imidazole rings is 1. The van der Waals surface area contributed by atoms with Crippen LogP contribution in [0.15, 0.2) is 78.2 Å². The molecule has 0 aliphatic heterocycles. The summed E-state index contributed by atoms with van der Waals surface area (Å²) >= 11 is 0. The van der Waals surface area contributed by atoms with Crippen molar-refractivity contribution in [1.29, 1.82) is 0 Å². The Morgan fingerprint density at radius 3 is 2.81 bits per heavy atom. The number of carbonyl (C=O) groups excluding carboxylic acids is 1. The first kappa shape index (κ1) is 16.7. The highest BCUT2D eigenvalue weighted by Crippen LogP contribution is 2.16. The van der Waals surface area contributed by atoms with Gasteiger partial charge in [0.25, 0.3) is 5.91 Å². The molecule has 4 aromatic rings. The van der Waals surface area contributed by atoms with Crippen LogP contribution in [0.3, 0.4) is 0 Å². The molecule has 2 aromatic carbocycles. The van der Waals surface area contributed by atoms with Crippen molar-refractivity contribution in [3.63, 3.8) is 0 Å². The van der Waals surface area contributed by atoms with Crippen LogP contribution in [-0.2, 0) is 6.42 Å². The molecule has 4 rings (SSSR count). The zero-order valence-corrected chi connectivity index (χ0v) is 14.5. The highest BCUT2D eigenvalue weighted by atomic mass is 16.2. The Bertz CT molecular complexity index is 1090. The summed E-state index contributed by atoms with van der Waals surface area (Å²) in [5.74, 6) is 0.583. The second-order valence-electron chi connectivity index (χ2n) is 6.06. The van der Waals surface area contributed by atoms with Gasteiger partial charge in [0.1, 0.15) is 5.82 Å². The summed E-state index contributed by atoms with van der Waals surface area (Å²) in [5, 5.41) is 3.97. The van der Waals surface area contributed by atoms with E-state index in [0.29, 0.717) is 12.0 Å². The Morgan fingerprint density at radius 2 is 2.00 bits per heavy atom. The molecule has 0 unspecified atom stereocenters. The molecular weight excluding hydrogens is 338 g/mol. The number of carbonyl (C=O) groups is 1. The molecule has 132 valence electrons. The first-order valence-electron chi connectivity index (χ1n) is 8.54. The van der Waals surface area contributed by atoms with Crippen molar-refractivity contribution in [3.8, 4) is 0 Å². The lowest BCUT2D eigenvalue weighted by Crippen LogP contribution is -2.17. The van der Waals surface area contributed by atoms with Crippen LogP contribution in [0.5, 0.6) is 0 Å². The van der Waals surface area contributed by atoms with E-state index >= 15 is 0 Å². The van der Waals surface area contributed by atoms with Gasteiger partial charge in [-0.15, -0.1) is 0 Å². The average Bonchev–Trinajstić information content (AvgIpc) is 3.11. The average molecular weight is 355 g/mol. The second-order valence-corrected chi connectivity index (χ2v) is 6.06. The molecule has 2 aromatic heterocycles. The van der Waals surface area contributed by atoms with E-state index < -0.39 is 0 Å². The maximum absolute atomic E-state index is 12.3. The third-order valence-electron chi connectivity index (χ3n) is 4.07. The van der Waals surface area contributed by atoms with Gasteiger partial charge in [0.05, 0.1) is 17.2 Å². The number of amides is 1. The number of pyridine rings is 1. The van der Waals surface area contributed by atoms with Gasteiger partial charge in [0, 0.05) is 29.9 Å². The third kappa shape index (κ3) is 4.07. The zero-order chi connectivity index (χ0) is 18.5. The van der Waals surface area contributed by atoms with E-state index in [9.17, 15) is 4.79 Å². The lowest BCUT2D eigenvalue weighted by molar-refractivity contribution is 0.0955. The molecular formula is C21H17N5O. The van der Waals surface area contributed by atoms with Crippen molar-refractivity contribution < 1.29 is 4.79 Å². The summed E-state index contributed by atoms with van der Waals surface area (Å²) in [6, 6.07) is 19.1. The molecule has 1 amide bonds. The summed E-state index contributed by atoms with van der Waals surface area (Å²) in [4.78, 5) is 24.2. The molecule has 0 aliphatic rings. The Labute approximate surface area is 156 Å². The smallest absolute Gasteiger partial charge is 0.271 e. The standard InChI is InChI=1S/C21H17N5O/c27-21(26-23-14-16-7-4-10-22-13-16)17-8-9-18-19(12-17)25-20(24-18)11-15-5-2-1-3-6-15/h1-10,12-14H,11H2,(H,24,25)(H,26,27)/b23-14-. The number of hydrazone groups is 1. The van der Waals surface area contributed by atoms with E-state index in [1.165, 1.54) is 5.56 Å². The Kier molecular flexibility index (Phi) is 4.70. The number of hydrogen-bond donors (Lipinski definition) is 2. The van der Waals surface area contributed by atoms with Crippen molar-refractivity contribution in [2.24, 2.45) is 5.10 Å². The van der Waals surface area contributed by atoms with Crippen LogP contribution in [0.4, 0.5) is 0 Å². The number of nitrogens with zero attached hydrogens (tertiary/aromatic N) is 3. The van der Waals surface area contributed by atoms with Crippen LogP contribution in [0, 0.1) is 0 Å². The molecule has 0 bridgehead atoms. The van der Waals surface area contributed by atoms with Crippen LogP contribution in [-0.4, -0.2) is 27.1 Å². The molecule has 0 saturated carbocycles. The minimum atomic E-state index is -0.281. The maximum atomic E-state index is 12.3. The lowest BCUT2D eigenvalue weighted by atomic mass is 10.1. The fourth-order valence-electron chi connectivity index (χ4n) is 2.76. The zero-order valence-electron chi connectivity index (χ0n) is 14.5. The molecule has 6 nitrogen and oxygen atoms in total. The predicted octanol–water partition coefficient (Wildman–Crippen LogP) is 3.31. The SMILES string of the molecule is O=C(N/N=C\c1cccnc1)c1ccc2nc(Cc3ccccc3)[nH]c2c1. The van der Waals surface area contributed by atoms with Gasteiger partial charge >= 0.3 is 0 Å². The molecule has 2 heterocycles. The number of benzene rings is 2. The number of nitrogens with one attached hydrogen (secondary N) is 2. The van der Waals surface area contributed by atoms with Gasteiger partial charge < -0.3 is 4.98 Å². The largest absolute Gasteiger partial charge is 0.342 e. The number of fused-ring (bicyclic) bond motifs is 1. The molecule has 0 saturated heterocycles. The third-order valence-corrected chi connectivity index (χ3v) is 4.07. The van der Waals surface area contributed by atoms with Crippen LogP contribution in [0.25, 0.3) is 11.0 Å². The van der Waals surface area contributed by atoms with Gasteiger partial charge in [-0.1, -0.05) is 36.4 Å². The van der Waals surface area contributed by atoms with Gasteiger partial charge in [-0.05, 0) is 29.8 Å². The Morgan fingerprint density at radius 1 is 1.11 bits per heavy atom. The highest BCUT2D eigenvalue weighted by Gasteiger charge is 2.09. The van der Waals surface area contributed by atoms with E-state index in [4.69, 9.17) is 0 Å². The Hall–Kier alpha value is -3.80. The molecule has 0 aliphatic carbocycles. The predicted molar refractivity (Wildman–Crippen MR) is 105 cm³/mol. The first-order valence-corrected chi connectivity index (χ1v) is 8.54. The highest BCUT2D eigenvalue weighted by molar-refractivity contribution is 5.97. The van der Waals surface area contributed by atoms with Gasteiger partial charge in [0.2, 0.25) is 0 Å². The van der Waals surface area contributed by atoms with E-state index in [1.54, 1.807) is 30.7 Å². The quantitative estimate of drug-likeness (QED) is 0.425. The van der Waals surface area contributed by atoms with Crippen molar-refractivity contribution in [1.82, 2.24) is 20.4 Å². The minimum absolute atomic E-state index is 0.281. The Balaban J connectivity index is 1.47. The summed E-state index contributed by atoms with van der Waals surface area (Å²) < 4.78 is 0. The van der Waals surface area contributed by atoms with Crippen LogP contribution < -0.4 is 5.43 Å². The molecule has 27 heavy (non-hydrogen) atoms. The summed E-state index contributed by atoms with van der Waals surface area (Å²) in [5.41, 5.74) is 6.69. The molecule has 6 heteroatoms. The summed E-state index contributed by atoms with van der Waals surface area (Å²) in [6.07, 6.45) is 5.62. The van der Waals surface area contributed by atoms with E-state index in [-0.39, 0.29) is 5.91 Å². The number of aromatic nitrogens is 3. The van der Waals surface area contributed by atoms with Crippen molar-refractivity contribution in [2.75, 3.05) is 0 Å². The van der Waals surface area contributed by atoms with E-state index in [1.807, 2.05) is 36.4 Å². The van der Waals surface area contributed by atoms with Crippen molar-refractivity contribution in [3.05, 3.63) is 95.6 Å². The number of hydrogen-bond acceptors (Lipinski definition) is 4. The topological polar surface area (TPSA) is 83.0 Å². The molecule has 0 radical (unpaired) electrons. The van der Waals surface area contributed by atoms with Crippen molar-refractivity contribution in [2.45, 2.75) is 6.42 Å². The minimum Gasteiger partial charge on any atom is -0.342 e.